The number of ether oxygens (including phenoxy) is 1. The molecular formula is C11H16O3. The van der Waals surface area contributed by atoms with E-state index in [9.17, 15) is 0 Å². The Morgan fingerprint density at radius 3 is 2.00 bits per heavy atom. The zero-order valence-electron chi connectivity index (χ0n) is 8.83. The molecule has 0 saturated heterocycles. The van der Waals surface area contributed by atoms with Crippen molar-refractivity contribution in [3.05, 3.63) is 28.8 Å². The zero-order chi connectivity index (χ0) is 11.1. The van der Waals surface area contributed by atoms with Gasteiger partial charge in [-0.1, -0.05) is 12.1 Å². The van der Waals surface area contributed by atoms with Gasteiger partial charge in [0.1, 0.15) is 12.5 Å². The van der Waals surface area contributed by atoms with Crippen molar-refractivity contribution < 1.29 is 14.6 Å². The fourth-order valence-corrected chi connectivity index (χ4v) is 1.45. The molecule has 1 aromatic rings. The Morgan fingerprint density at radius 2 is 1.71 bits per heavy atom. The summed E-state index contributed by atoms with van der Waals surface area (Å²) in [5.41, 5.74) is 3.08. The average Bonchev–Trinajstić information content (AvgIpc) is 2.20. The van der Waals surface area contributed by atoms with Crippen LogP contribution in [0, 0.1) is 13.8 Å². The van der Waals surface area contributed by atoms with Crippen LogP contribution in [0.2, 0.25) is 0 Å². The largest absolute Gasteiger partial charge is 0.496 e. The van der Waals surface area contributed by atoms with Gasteiger partial charge in [-0.25, -0.2) is 0 Å². The highest BCUT2D eigenvalue weighted by Gasteiger charge is 2.03. The van der Waals surface area contributed by atoms with E-state index < -0.39 is 0 Å². The fraction of sp³-hybridized carbons (Fsp3) is 0.364. The summed E-state index contributed by atoms with van der Waals surface area (Å²) < 4.78 is 5.19. The maximum atomic E-state index is 8.91. The zero-order valence-corrected chi connectivity index (χ0v) is 8.83. The summed E-state index contributed by atoms with van der Waals surface area (Å²) >= 11 is 0. The van der Waals surface area contributed by atoms with Crippen LogP contribution in [0.15, 0.2) is 12.1 Å². The van der Waals surface area contributed by atoms with Gasteiger partial charge in [0, 0.05) is 0 Å². The van der Waals surface area contributed by atoms with Crippen LogP contribution in [0.3, 0.4) is 0 Å². The molecule has 0 aliphatic rings. The van der Waals surface area contributed by atoms with Crippen LogP contribution < -0.4 is 4.74 Å². The Kier molecular flexibility index (Phi) is 5.56. The van der Waals surface area contributed by atoms with E-state index in [4.69, 9.17) is 14.6 Å². The summed E-state index contributed by atoms with van der Waals surface area (Å²) in [6.45, 7) is 6.04. The number of rotatable bonds is 2. The second-order valence-corrected chi connectivity index (χ2v) is 2.92. The van der Waals surface area contributed by atoms with E-state index in [-0.39, 0.29) is 6.61 Å². The minimum absolute atomic E-state index is 0.0890. The maximum absolute atomic E-state index is 8.91. The molecule has 0 radical (unpaired) electrons. The number of benzene rings is 1. The lowest BCUT2D eigenvalue weighted by Crippen LogP contribution is -1.93. The van der Waals surface area contributed by atoms with Gasteiger partial charge >= 0.3 is 0 Å². The van der Waals surface area contributed by atoms with Gasteiger partial charge < -0.3 is 14.6 Å². The predicted octanol–water partition coefficient (Wildman–Crippen LogP) is 1.62. The molecule has 0 spiro atoms. The minimum Gasteiger partial charge on any atom is -0.496 e. The van der Waals surface area contributed by atoms with Crippen LogP contribution in [0.5, 0.6) is 5.75 Å². The third-order valence-electron chi connectivity index (χ3n) is 1.91. The first-order valence-electron chi connectivity index (χ1n) is 4.23. The normalized spacial score (nSPS) is 8.86. The monoisotopic (exact) mass is 196 g/mol. The van der Waals surface area contributed by atoms with Crippen molar-refractivity contribution >= 4 is 6.79 Å². The summed E-state index contributed by atoms with van der Waals surface area (Å²) in [4.78, 5) is 8.00. The molecule has 14 heavy (non-hydrogen) atoms. The Bertz CT molecular complexity index is 272. The first kappa shape index (κ1) is 12.7. The number of methoxy groups -OCH3 is 1. The molecule has 1 rings (SSSR count). The number of aryl methyl sites for hydroxylation is 2. The highest BCUT2D eigenvalue weighted by atomic mass is 16.5. The molecule has 0 heterocycles. The molecule has 0 amide bonds. The minimum atomic E-state index is 0.0890. The number of carbonyl (C=O) groups excluding carboxylic acids is 1. The highest BCUT2D eigenvalue weighted by Crippen LogP contribution is 2.23. The number of hydrogen-bond donors (Lipinski definition) is 1. The second-order valence-electron chi connectivity index (χ2n) is 2.92. The van der Waals surface area contributed by atoms with Crippen molar-refractivity contribution in [1.82, 2.24) is 0 Å². The third-order valence-corrected chi connectivity index (χ3v) is 1.91. The molecule has 1 N–H and O–H groups in total. The Labute approximate surface area is 84.3 Å². The van der Waals surface area contributed by atoms with E-state index in [1.807, 2.05) is 32.8 Å². The summed E-state index contributed by atoms with van der Waals surface area (Å²) in [5.74, 6) is 0.909. The molecule has 0 aliphatic carbocycles. The number of hydrogen-bond acceptors (Lipinski definition) is 3. The number of aliphatic hydroxyl groups excluding tert-OH is 1. The first-order valence-corrected chi connectivity index (χ1v) is 4.23. The van der Waals surface area contributed by atoms with Crippen LogP contribution in [0.25, 0.3) is 0 Å². The van der Waals surface area contributed by atoms with Crippen LogP contribution in [-0.2, 0) is 11.4 Å². The molecule has 0 aromatic heterocycles. The summed E-state index contributed by atoms with van der Waals surface area (Å²) in [6, 6.07) is 3.87. The van der Waals surface area contributed by atoms with E-state index in [1.54, 1.807) is 7.11 Å². The van der Waals surface area contributed by atoms with Crippen molar-refractivity contribution in [1.29, 1.82) is 0 Å². The van der Waals surface area contributed by atoms with Crippen molar-refractivity contribution in [3.8, 4) is 5.75 Å². The van der Waals surface area contributed by atoms with Gasteiger partial charge in [-0.3, -0.25) is 0 Å². The Hall–Kier alpha value is -1.35. The lowest BCUT2D eigenvalue weighted by atomic mass is 10.1. The van der Waals surface area contributed by atoms with Gasteiger partial charge in [0.2, 0.25) is 0 Å². The number of carbonyl (C=O) groups is 1. The molecule has 0 fully saturated rings. The Morgan fingerprint density at radius 1 is 1.29 bits per heavy atom. The average molecular weight is 196 g/mol. The molecule has 0 unspecified atom stereocenters. The van der Waals surface area contributed by atoms with Crippen LogP contribution >= 0.6 is 0 Å². The fourth-order valence-electron chi connectivity index (χ4n) is 1.45. The highest BCUT2D eigenvalue weighted by molar-refractivity contribution is 5.43. The Balaban J connectivity index is 0.000000791. The van der Waals surface area contributed by atoms with Gasteiger partial charge in [-0.05, 0) is 30.5 Å². The standard InChI is InChI=1S/C10H14O2.CH2O/c1-7-4-9(6-11)5-8(2)10(7)12-3;1-2/h4-5,11H,6H2,1-3H3;1H2. The van der Waals surface area contributed by atoms with Gasteiger partial charge in [0.25, 0.3) is 0 Å². The van der Waals surface area contributed by atoms with Gasteiger partial charge in [-0.15, -0.1) is 0 Å². The molecule has 0 atom stereocenters. The van der Waals surface area contributed by atoms with E-state index in [0.717, 1.165) is 22.4 Å². The van der Waals surface area contributed by atoms with Crippen molar-refractivity contribution in [2.45, 2.75) is 20.5 Å². The SMILES string of the molecule is C=O.COc1c(C)cc(CO)cc1C. The quantitative estimate of drug-likeness (QED) is 0.781. The van der Waals surface area contributed by atoms with Crippen LogP contribution in [0.1, 0.15) is 16.7 Å². The summed E-state index contributed by atoms with van der Waals surface area (Å²) in [5, 5.41) is 8.91. The third kappa shape index (κ3) is 2.85. The van der Waals surface area contributed by atoms with Crippen molar-refractivity contribution in [2.75, 3.05) is 7.11 Å². The van der Waals surface area contributed by atoms with E-state index in [2.05, 4.69) is 0 Å². The van der Waals surface area contributed by atoms with E-state index >= 15 is 0 Å². The predicted molar refractivity (Wildman–Crippen MR) is 55.5 cm³/mol. The molecule has 0 aliphatic heterocycles. The molecular weight excluding hydrogens is 180 g/mol. The van der Waals surface area contributed by atoms with Crippen LogP contribution in [0.4, 0.5) is 0 Å². The molecule has 0 bridgehead atoms. The van der Waals surface area contributed by atoms with E-state index in [1.165, 1.54) is 0 Å². The summed E-state index contributed by atoms with van der Waals surface area (Å²) in [6.07, 6.45) is 0. The lowest BCUT2D eigenvalue weighted by Gasteiger charge is -2.09. The van der Waals surface area contributed by atoms with Gasteiger partial charge in [0.05, 0.1) is 13.7 Å². The van der Waals surface area contributed by atoms with Crippen LogP contribution in [-0.4, -0.2) is 19.0 Å². The molecule has 0 saturated carbocycles. The second kappa shape index (κ2) is 6.16. The summed E-state index contributed by atoms with van der Waals surface area (Å²) in [7, 11) is 1.66. The van der Waals surface area contributed by atoms with Crippen molar-refractivity contribution in [2.24, 2.45) is 0 Å². The molecule has 1 aromatic carbocycles. The first-order chi connectivity index (χ1) is 6.69. The smallest absolute Gasteiger partial charge is 0.124 e. The molecule has 3 nitrogen and oxygen atoms in total. The number of aliphatic hydroxyl groups is 1. The lowest BCUT2D eigenvalue weighted by molar-refractivity contribution is -0.0979. The molecule has 78 valence electrons. The van der Waals surface area contributed by atoms with Gasteiger partial charge in [0.15, 0.2) is 0 Å². The van der Waals surface area contributed by atoms with Crippen molar-refractivity contribution in [3.63, 3.8) is 0 Å². The van der Waals surface area contributed by atoms with Gasteiger partial charge in [-0.2, -0.15) is 0 Å². The topological polar surface area (TPSA) is 46.5 Å². The van der Waals surface area contributed by atoms with E-state index in [0.29, 0.717) is 0 Å². The molecule has 3 heteroatoms. The maximum Gasteiger partial charge on any atom is 0.124 e.